The molecule has 1 aromatic rings. The summed E-state index contributed by atoms with van der Waals surface area (Å²) in [5, 5.41) is 13.0. The highest BCUT2D eigenvalue weighted by Crippen LogP contribution is 2.36. The van der Waals surface area contributed by atoms with E-state index in [2.05, 4.69) is 5.32 Å². The van der Waals surface area contributed by atoms with Crippen LogP contribution < -0.4 is 5.32 Å². The summed E-state index contributed by atoms with van der Waals surface area (Å²) in [7, 11) is 0. The molecular formula is C14H19F3N2O. The lowest BCUT2D eigenvalue weighted by molar-refractivity contribution is 0.157. The SMILES string of the molecule is CCC[C@@H](c1c(O)cc(F)c(F)c1F)N1CCNCC1. The Hall–Kier alpha value is -1.27. The number of rotatable bonds is 4. The maximum atomic E-state index is 14.0. The van der Waals surface area contributed by atoms with Crippen LogP contribution in [0.25, 0.3) is 0 Å². The van der Waals surface area contributed by atoms with E-state index in [-0.39, 0.29) is 5.56 Å². The molecule has 0 radical (unpaired) electrons. The Bertz CT molecular complexity index is 476. The predicted molar refractivity (Wildman–Crippen MR) is 70.1 cm³/mol. The Morgan fingerprint density at radius 2 is 1.90 bits per heavy atom. The molecule has 0 amide bonds. The second-order valence-corrected chi connectivity index (χ2v) is 5.01. The van der Waals surface area contributed by atoms with Gasteiger partial charge in [-0.25, -0.2) is 13.2 Å². The first-order chi connectivity index (χ1) is 9.56. The van der Waals surface area contributed by atoms with Crippen molar-refractivity contribution in [2.45, 2.75) is 25.8 Å². The van der Waals surface area contributed by atoms with Crippen LogP contribution >= 0.6 is 0 Å². The van der Waals surface area contributed by atoms with Crippen LogP contribution in [0.4, 0.5) is 13.2 Å². The van der Waals surface area contributed by atoms with Crippen molar-refractivity contribution >= 4 is 0 Å². The third-order valence-corrected chi connectivity index (χ3v) is 3.67. The molecule has 6 heteroatoms. The lowest BCUT2D eigenvalue weighted by Gasteiger charge is -2.35. The molecule has 0 aromatic heterocycles. The van der Waals surface area contributed by atoms with Crippen LogP contribution in [-0.2, 0) is 0 Å². The number of phenolic OH excluding ortho intramolecular Hbond substituents is 1. The molecule has 1 aliphatic heterocycles. The predicted octanol–water partition coefficient (Wildman–Crippen LogP) is 2.56. The molecule has 1 aliphatic rings. The van der Waals surface area contributed by atoms with E-state index < -0.39 is 29.2 Å². The van der Waals surface area contributed by atoms with Gasteiger partial charge in [-0.05, 0) is 6.42 Å². The number of benzene rings is 1. The zero-order valence-electron chi connectivity index (χ0n) is 11.4. The molecule has 0 unspecified atom stereocenters. The van der Waals surface area contributed by atoms with Gasteiger partial charge in [-0.3, -0.25) is 4.90 Å². The summed E-state index contributed by atoms with van der Waals surface area (Å²) in [6, 6.07) is 0.218. The lowest BCUT2D eigenvalue weighted by Crippen LogP contribution is -2.45. The zero-order valence-corrected chi connectivity index (χ0v) is 11.4. The minimum Gasteiger partial charge on any atom is -0.507 e. The van der Waals surface area contributed by atoms with Crippen molar-refractivity contribution in [1.29, 1.82) is 0 Å². The first kappa shape index (κ1) is 15.1. The first-order valence-corrected chi connectivity index (χ1v) is 6.87. The number of aromatic hydroxyl groups is 1. The summed E-state index contributed by atoms with van der Waals surface area (Å²) >= 11 is 0. The van der Waals surface area contributed by atoms with Gasteiger partial charge in [-0.1, -0.05) is 13.3 Å². The third kappa shape index (κ3) is 2.91. The van der Waals surface area contributed by atoms with E-state index in [1.54, 1.807) is 0 Å². The van der Waals surface area contributed by atoms with E-state index in [9.17, 15) is 18.3 Å². The number of hydrogen-bond acceptors (Lipinski definition) is 3. The van der Waals surface area contributed by atoms with E-state index in [1.165, 1.54) is 0 Å². The lowest BCUT2D eigenvalue weighted by atomic mass is 9.97. The summed E-state index contributed by atoms with van der Waals surface area (Å²) in [4.78, 5) is 2.00. The van der Waals surface area contributed by atoms with Gasteiger partial charge in [0.05, 0.1) is 0 Å². The number of hydrogen-bond donors (Lipinski definition) is 2. The van der Waals surface area contributed by atoms with E-state index in [1.807, 2.05) is 11.8 Å². The Labute approximate surface area is 116 Å². The van der Waals surface area contributed by atoms with E-state index in [0.717, 1.165) is 19.5 Å². The molecule has 2 N–H and O–H groups in total. The Morgan fingerprint density at radius 3 is 2.50 bits per heavy atom. The molecule has 1 aromatic carbocycles. The summed E-state index contributed by atoms with van der Waals surface area (Å²) < 4.78 is 40.6. The molecule has 1 fully saturated rings. The van der Waals surface area contributed by atoms with Crippen LogP contribution in [0.15, 0.2) is 6.07 Å². The van der Waals surface area contributed by atoms with E-state index in [0.29, 0.717) is 25.6 Å². The van der Waals surface area contributed by atoms with Crippen LogP contribution in [0, 0.1) is 17.5 Å². The summed E-state index contributed by atoms with van der Waals surface area (Å²) in [6.45, 7) is 4.81. The van der Waals surface area contributed by atoms with E-state index >= 15 is 0 Å². The van der Waals surface area contributed by atoms with Crippen LogP contribution in [-0.4, -0.2) is 36.2 Å². The van der Waals surface area contributed by atoms with Crippen molar-refractivity contribution in [3.63, 3.8) is 0 Å². The third-order valence-electron chi connectivity index (χ3n) is 3.67. The number of halogens is 3. The van der Waals surface area contributed by atoms with Gasteiger partial charge in [0.1, 0.15) is 5.75 Å². The van der Waals surface area contributed by atoms with Gasteiger partial charge in [-0.15, -0.1) is 0 Å². The molecule has 0 aliphatic carbocycles. The van der Waals surface area contributed by atoms with Gasteiger partial charge in [0.25, 0.3) is 0 Å². The van der Waals surface area contributed by atoms with Gasteiger partial charge in [0.15, 0.2) is 17.5 Å². The standard InChI is InChI=1S/C14H19F3N2O/c1-2-3-10(19-6-4-18-5-7-19)12-11(20)8-9(15)13(16)14(12)17/h8,10,18,20H,2-7H2,1H3/t10-/m0/s1. The number of nitrogens with zero attached hydrogens (tertiary/aromatic N) is 1. The molecule has 2 rings (SSSR count). The summed E-state index contributed by atoms with van der Waals surface area (Å²) in [5.41, 5.74) is -0.132. The highest BCUT2D eigenvalue weighted by molar-refractivity contribution is 5.37. The van der Waals surface area contributed by atoms with Crippen molar-refractivity contribution in [3.05, 3.63) is 29.1 Å². The van der Waals surface area contributed by atoms with Gasteiger partial charge in [0, 0.05) is 43.9 Å². The molecule has 3 nitrogen and oxygen atoms in total. The topological polar surface area (TPSA) is 35.5 Å². The van der Waals surface area contributed by atoms with E-state index in [4.69, 9.17) is 0 Å². The fourth-order valence-electron chi connectivity index (χ4n) is 2.69. The first-order valence-electron chi connectivity index (χ1n) is 6.87. The van der Waals surface area contributed by atoms with Crippen molar-refractivity contribution in [2.75, 3.05) is 26.2 Å². The van der Waals surface area contributed by atoms with Crippen LogP contribution in [0.1, 0.15) is 31.4 Å². The average Bonchev–Trinajstić information content (AvgIpc) is 2.45. The minimum absolute atomic E-state index is 0.132. The normalized spacial score (nSPS) is 18.2. The Kier molecular flexibility index (Phi) is 4.88. The second-order valence-electron chi connectivity index (χ2n) is 5.01. The van der Waals surface area contributed by atoms with Gasteiger partial charge in [-0.2, -0.15) is 0 Å². The van der Waals surface area contributed by atoms with Crippen molar-refractivity contribution in [3.8, 4) is 5.75 Å². The zero-order chi connectivity index (χ0) is 14.7. The largest absolute Gasteiger partial charge is 0.507 e. The molecule has 0 spiro atoms. The molecule has 0 saturated carbocycles. The van der Waals surface area contributed by atoms with Crippen molar-refractivity contribution in [2.24, 2.45) is 0 Å². The maximum absolute atomic E-state index is 14.0. The van der Waals surface area contributed by atoms with Gasteiger partial charge < -0.3 is 10.4 Å². The maximum Gasteiger partial charge on any atom is 0.195 e. The van der Waals surface area contributed by atoms with Crippen LogP contribution in [0.3, 0.4) is 0 Å². The summed E-state index contributed by atoms with van der Waals surface area (Å²) in [5.74, 6) is -4.67. The second kappa shape index (κ2) is 6.45. The fourth-order valence-corrected chi connectivity index (χ4v) is 2.69. The molecule has 1 heterocycles. The number of nitrogens with one attached hydrogen (secondary N) is 1. The van der Waals surface area contributed by atoms with Crippen molar-refractivity contribution in [1.82, 2.24) is 10.2 Å². The minimum atomic E-state index is -1.52. The molecule has 0 bridgehead atoms. The summed E-state index contributed by atoms with van der Waals surface area (Å²) in [6.07, 6.45) is 1.34. The van der Waals surface area contributed by atoms with Gasteiger partial charge in [0.2, 0.25) is 0 Å². The molecule has 20 heavy (non-hydrogen) atoms. The van der Waals surface area contributed by atoms with Crippen molar-refractivity contribution < 1.29 is 18.3 Å². The highest BCUT2D eigenvalue weighted by atomic mass is 19.2. The van der Waals surface area contributed by atoms with Crippen LogP contribution in [0.2, 0.25) is 0 Å². The monoisotopic (exact) mass is 288 g/mol. The smallest absolute Gasteiger partial charge is 0.195 e. The molecule has 1 atom stereocenters. The Morgan fingerprint density at radius 1 is 1.25 bits per heavy atom. The van der Waals surface area contributed by atoms with Crippen LogP contribution in [0.5, 0.6) is 5.75 Å². The molecule has 112 valence electrons. The fraction of sp³-hybridized carbons (Fsp3) is 0.571. The molecule has 1 saturated heterocycles. The highest BCUT2D eigenvalue weighted by Gasteiger charge is 2.29. The number of piperazine rings is 1. The number of phenols is 1. The average molecular weight is 288 g/mol. The molecular weight excluding hydrogens is 269 g/mol. The quantitative estimate of drug-likeness (QED) is 0.836. The Balaban J connectivity index is 2.40. The van der Waals surface area contributed by atoms with Gasteiger partial charge >= 0.3 is 0 Å².